The molecule has 0 aromatic rings. The van der Waals surface area contributed by atoms with Crippen LogP contribution >= 0.6 is 0 Å². The van der Waals surface area contributed by atoms with Gasteiger partial charge >= 0.3 is 0 Å². The predicted molar refractivity (Wildman–Crippen MR) is 65.4 cm³/mol. The maximum atomic E-state index is 10.6. The SMILES string of the molecule is C=C(N=O)C1(CN=O)CCN(CCCO)CC1. The van der Waals surface area contributed by atoms with Gasteiger partial charge in [0.1, 0.15) is 0 Å². The van der Waals surface area contributed by atoms with Gasteiger partial charge in [-0.25, -0.2) is 0 Å². The van der Waals surface area contributed by atoms with Crippen molar-refractivity contribution < 1.29 is 5.11 Å². The molecule has 0 unspecified atom stereocenters. The molecule has 1 fully saturated rings. The predicted octanol–water partition coefficient (Wildman–Crippen LogP) is 1.50. The first kappa shape index (κ1) is 13.9. The van der Waals surface area contributed by atoms with Crippen LogP contribution in [0.3, 0.4) is 0 Å². The van der Waals surface area contributed by atoms with Crippen molar-refractivity contribution in [2.24, 2.45) is 15.8 Å². The van der Waals surface area contributed by atoms with Crippen molar-refractivity contribution in [2.45, 2.75) is 19.3 Å². The maximum absolute atomic E-state index is 10.6. The van der Waals surface area contributed by atoms with E-state index in [0.29, 0.717) is 12.8 Å². The summed E-state index contributed by atoms with van der Waals surface area (Å²) < 4.78 is 0. The number of hydrogen-bond acceptors (Lipinski definition) is 6. The molecule has 6 nitrogen and oxygen atoms in total. The van der Waals surface area contributed by atoms with Crippen molar-refractivity contribution in [1.29, 1.82) is 0 Å². The first-order chi connectivity index (χ1) is 8.18. The van der Waals surface area contributed by atoms with E-state index in [1.807, 2.05) is 0 Å². The number of aliphatic hydroxyl groups is 1. The van der Waals surface area contributed by atoms with Crippen molar-refractivity contribution in [3.8, 4) is 0 Å². The van der Waals surface area contributed by atoms with E-state index >= 15 is 0 Å². The van der Waals surface area contributed by atoms with Gasteiger partial charge in [0.25, 0.3) is 0 Å². The number of nitrogens with zero attached hydrogens (tertiary/aromatic N) is 3. The Morgan fingerprint density at radius 2 is 2.00 bits per heavy atom. The molecule has 0 spiro atoms. The van der Waals surface area contributed by atoms with Crippen molar-refractivity contribution in [3.63, 3.8) is 0 Å². The Labute approximate surface area is 101 Å². The fraction of sp³-hybridized carbons (Fsp3) is 0.818. The second-order valence-electron chi connectivity index (χ2n) is 4.52. The summed E-state index contributed by atoms with van der Waals surface area (Å²) in [4.78, 5) is 23.3. The molecule has 1 N–H and O–H groups in total. The quantitative estimate of drug-likeness (QED) is 0.685. The van der Waals surface area contributed by atoms with E-state index < -0.39 is 5.41 Å². The van der Waals surface area contributed by atoms with Crippen molar-refractivity contribution in [2.75, 3.05) is 32.8 Å². The molecule has 6 heteroatoms. The number of hydrogen-bond donors (Lipinski definition) is 1. The summed E-state index contributed by atoms with van der Waals surface area (Å²) in [6.07, 6.45) is 2.09. The second-order valence-corrected chi connectivity index (χ2v) is 4.52. The van der Waals surface area contributed by atoms with E-state index in [0.717, 1.165) is 26.1 Å². The highest BCUT2D eigenvalue weighted by Crippen LogP contribution is 2.38. The molecule has 1 rings (SSSR count). The van der Waals surface area contributed by atoms with Gasteiger partial charge in [0, 0.05) is 18.6 Å². The highest BCUT2D eigenvalue weighted by Gasteiger charge is 2.38. The highest BCUT2D eigenvalue weighted by atomic mass is 16.3. The fourth-order valence-electron chi connectivity index (χ4n) is 2.26. The van der Waals surface area contributed by atoms with E-state index in [2.05, 4.69) is 21.8 Å². The molecular formula is C11H19N3O3. The lowest BCUT2D eigenvalue weighted by molar-refractivity contribution is 0.127. The van der Waals surface area contributed by atoms with Gasteiger partial charge in [-0.2, -0.15) is 4.91 Å². The zero-order valence-electron chi connectivity index (χ0n) is 9.97. The van der Waals surface area contributed by atoms with Gasteiger partial charge in [-0.15, -0.1) is 4.91 Å². The summed E-state index contributed by atoms with van der Waals surface area (Å²) in [6, 6.07) is 0. The molecule has 0 amide bonds. The zero-order valence-corrected chi connectivity index (χ0v) is 9.97. The standard InChI is InChI=1S/C11H19N3O3/c1-10(13-17)11(9-12-16)3-6-14(7-4-11)5-2-8-15/h15H,1-9H2. The van der Waals surface area contributed by atoms with Crippen LogP contribution < -0.4 is 0 Å². The summed E-state index contributed by atoms with van der Waals surface area (Å²) in [6.45, 7) is 6.29. The molecule has 0 radical (unpaired) electrons. The van der Waals surface area contributed by atoms with Gasteiger partial charge < -0.3 is 10.0 Å². The van der Waals surface area contributed by atoms with Gasteiger partial charge in [-0.05, 0) is 37.5 Å². The third-order valence-electron chi connectivity index (χ3n) is 3.54. The molecule has 0 atom stereocenters. The highest BCUT2D eigenvalue weighted by molar-refractivity contribution is 5.12. The van der Waals surface area contributed by atoms with E-state index in [9.17, 15) is 9.81 Å². The number of aliphatic hydroxyl groups excluding tert-OH is 1. The minimum atomic E-state index is -0.542. The van der Waals surface area contributed by atoms with Crippen molar-refractivity contribution >= 4 is 0 Å². The summed E-state index contributed by atoms with van der Waals surface area (Å²) in [7, 11) is 0. The Morgan fingerprint density at radius 3 is 2.47 bits per heavy atom. The Bertz CT molecular complexity index is 286. The topological polar surface area (TPSA) is 82.3 Å². The molecule has 96 valence electrons. The van der Waals surface area contributed by atoms with Crippen molar-refractivity contribution in [1.82, 2.24) is 4.90 Å². The lowest BCUT2D eigenvalue weighted by atomic mass is 9.76. The van der Waals surface area contributed by atoms with Crippen LogP contribution in [0, 0.1) is 15.2 Å². The molecule has 0 saturated carbocycles. The fourth-order valence-corrected chi connectivity index (χ4v) is 2.26. The molecule has 1 saturated heterocycles. The summed E-state index contributed by atoms with van der Waals surface area (Å²) in [5, 5.41) is 14.6. The van der Waals surface area contributed by atoms with E-state index in [1.54, 1.807) is 0 Å². The summed E-state index contributed by atoms with van der Waals surface area (Å²) in [5.41, 5.74) is -0.307. The molecule has 0 aromatic carbocycles. The minimum Gasteiger partial charge on any atom is -0.396 e. The van der Waals surface area contributed by atoms with Crippen LogP contribution in [0.25, 0.3) is 0 Å². The molecule has 1 heterocycles. The smallest absolute Gasteiger partial charge is 0.0924 e. The first-order valence-corrected chi connectivity index (χ1v) is 5.83. The Hall–Kier alpha value is -1.14. The van der Waals surface area contributed by atoms with Crippen molar-refractivity contribution in [3.05, 3.63) is 22.1 Å². The molecule has 0 aliphatic carbocycles. The van der Waals surface area contributed by atoms with Gasteiger partial charge in [0.2, 0.25) is 0 Å². The minimum absolute atomic E-state index is 0.0748. The van der Waals surface area contributed by atoms with Crippen LogP contribution in [0.4, 0.5) is 0 Å². The van der Waals surface area contributed by atoms with Crippen LogP contribution in [-0.2, 0) is 0 Å². The molecule has 1 aliphatic rings. The van der Waals surface area contributed by atoms with E-state index in [4.69, 9.17) is 5.11 Å². The van der Waals surface area contributed by atoms with Crippen LogP contribution in [0.1, 0.15) is 19.3 Å². The molecular weight excluding hydrogens is 222 g/mol. The van der Waals surface area contributed by atoms with Gasteiger partial charge in [-0.1, -0.05) is 11.8 Å². The number of rotatable bonds is 7. The van der Waals surface area contributed by atoms with Gasteiger partial charge in [-0.3, -0.25) is 0 Å². The van der Waals surface area contributed by atoms with E-state index in [-0.39, 0.29) is 18.8 Å². The molecule has 0 aromatic heterocycles. The first-order valence-electron chi connectivity index (χ1n) is 5.83. The maximum Gasteiger partial charge on any atom is 0.0924 e. The van der Waals surface area contributed by atoms with Gasteiger partial charge in [0.15, 0.2) is 0 Å². The Morgan fingerprint density at radius 1 is 1.35 bits per heavy atom. The summed E-state index contributed by atoms with van der Waals surface area (Å²) in [5.74, 6) is 0. The van der Waals surface area contributed by atoms with Crippen LogP contribution in [0.2, 0.25) is 0 Å². The Kier molecular flexibility index (Phi) is 5.37. The average Bonchev–Trinajstić information content (AvgIpc) is 2.37. The molecule has 0 bridgehead atoms. The monoisotopic (exact) mass is 241 g/mol. The molecule has 17 heavy (non-hydrogen) atoms. The van der Waals surface area contributed by atoms with Gasteiger partial charge in [0.05, 0.1) is 12.2 Å². The zero-order chi connectivity index (χ0) is 12.7. The number of piperidine rings is 1. The normalized spacial score (nSPS) is 19.8. The van der Waals surface area contributed by atoms with Crippen LogP contribution in [-0.4, -0.2) is 42.8 Å². The lowest BCUT2D eigenvalue weighted by Crippen LogP contribution is -2.42. The second kappa shape index (κ2) is 6.56. The third kappa shape index (κ3) is 3.41. The van der Waals surface area contributed by atoms with E-state index in [1.165, 1.54) is 0 Å². The number of nitroso groups, excluding NO2 is 2. The Balaban J connectivity index is 2.57. The molecule has 1 aliphatic heterocycles. The average molecular weight is 241 g/mol. The van der Waals surface area contributed by atoms with Crippen LogP contribution in [0.15, 0.2) is 22.6 Å². The summed E-state index contributed by atoms with van der Waals surface area (Å²) >= 11 is 0. The lowest BCUT2D eigenvalue weighted by Gasteiger charge is -2.39. The van der Waals surface area contributed by atoms with Crippen LogP contribution in [0.5, 0.6) is 0 Å². The largest absolute Gasteiger partial charge is 0.396 e. The third-order valence-corrected chi connectivity index (χ3v) is 3.54. The number of likely N-dealkylation sites (tertiary alicyclic amines) is 1.